The van der Waals surface area contributed by atoms with Gasteiger partial charge in [0.2, 0.25) is 0 Å². The van der Waals surface area contributed by atoms with Gasteiger partial charge in [-0.3, -0.25) is 0 Å². The lowest BCUT2D eigenvalue weighted by atomic mass is 10.0. The van der Waals surface area contributed by atoms with Gasteiger partial charge in [-0.2, -0.15) is 0 Å². The van der Waals surface area contributed by atoms with E-state index < -0.39 is 0 Å². The third kappa shape index (κ3) is 5.59. The van der Waals surface area contributed by atoms with Gasteiger partial charge in [0.25, 0.3) is 0 Å². The summed E-state index contributed by atoms with van der Waals surface area (Å²) in [6, 6.07) is 70.8. The Labute approximate surface area is 313 Å². The number of hydrogen-bond donors (Lipinski definition) is 0. The summed E-state index contributed by atoms with van der Waals surface area (Å²) in [5.74, 6) is 1.62. The Balaban J connectivity index is 1.12. The summed E-state index contributed by atoms with van der Waals surface area (Å²) < 4.78 is 6.68. The lowest BCUT2D eigenvalue weighted by molar-refractivity contribution is 0.477. The van der Waals surface area contributed by atoms with Crippen molar-refractivity contribution in [2.75, 3.05) is 14.7 Å². The van der Waals surface area contributed by atoms with Crippen molar-refractivity contribution in [2.24, 2.45) is 0 Å². The Morgan fingerprint density at radius 1 is 0.358 bits per heavy atom. The van der Waals surface area contributed by atoms with E-state index in [9.17, 15) is 0 Å². The zero-order chi connectivity index (χ0) is 35.1. The molecule has 0 radical (unpaired) electrons. The van der Waals surface area contributed by atoms with Crippen LogP contribution in [0.5, 0.6) is 11.5 Å². The number of anilines is 9. The SMILES string of the molecule is c1ccc(-c2ccc(N(c3ccc4c(c3)Oc3ccccc3N4c3ccccc3)c3ccc4c(c3)Sc3ccccc3N4c3ccccc3)cc2)cc1. The van der Waals surface area contributed by atoms with Crippen molar-refractivity contribution in [3.05, 3.63) is 200 Å². The molecule has 2 aliphatic heterocycles. The first-order valence-electron chi connectivity index (χ1n) is 17.8. The molecule has 10 rings (SSSR count). The highest BCUT2D eigenvalue weighted by Gasteiger charge is 2.29. The summed E-state index contributed by atoms with van der Waals surface area (Å²) in [4.78, 5) is 9.39. The maximum Gasteiger partial charge on any atom is 0.153 e. The van der Waals surface area contributed by atoms with E-state index >= 15 is 0 Å². The van der Waals surface area contributed by atoms with E-state index in [-0.39, 0.29) is 0 Å². The van der Waals surface area contributed by atoms with E-state index in [0.29, 0.717) is 0 Å². The fourth-order valence-electron chi connectivity index (χ4n) is 7.36. The minimum atomic E-state index is 0.799. The molecule has 2 heterocycles. The van der Waals surface area contributed by atoms with Crippen molar-refractivity contribution in [1.82, 2.24) is 0 Å². The molecule has 8 aromatic carbocycles. The monoisotopic (exact) mass is 699 g/mol. The van der Waals surface area contributed by atoms with Gasteiger partial charge < -0.3 is 19.4 Å². The van der Waals surface area contributed by atoms with Gasteiger partial charge in [-0.25, -0.2) is 0 Å². The molecule has 0 saturated carbocycles. The Hall–Kier alpha value is -6.69. The quantitative estimate of drug-likeness (QED) is 0.172. The number of hydrogen-bond acceptors (Lipinski definition) is 5. The van der Waals surface area contributed by atoms with Gasteiger partial charge in [-0.05, 0) is 102 Å². The molecule has 0 spiro atoms. The Morgan fingerprint density at radius 3 is 1.57 bits per heavy atom. The lowest BCUT2D eigenvalue weighted by Gasteiger charge is -2.35. The average Bonchev–Trinajstić information content (AvgIpc) is 3.23. The highest BCUT2D eigenvalue weighted by atomic mass is 32.2. The molecule has 0 aromatic heterocycles. The molecule has 0 unspecified atom stereocenters. The van der Waals surface area contributed by atoms with Crippen LogP contribution in [0, 0.1) is 0 Å². The number of benzene rings is 8. The van der Waals surface area contributed by atoms with Crippen LogP contribution in [0.1, 0.15) is 0 Å². The Kier molecular flexibility index (Phi) is 7.70. The van der Waals surface area contributed by atoms with Crippen molar-refractivity contribution in [3.63, 3.8) is 0 Å². The number of rotatable bonds is 6. The first kappa shape index (κ1) is 31.1. The van der Waals surface area contributed by atoms with E-state index in [2.05, 4.69) is 203 Å². The van der Waals surface area contributed by atoms with Crippen LogP contribution in [0.15, 0.2) is 210 Å². The van der Waals surface area contributed by atoms with Gasteiger partial charge >= 0.3 is 0 Å². The van der Waals surface area contributed by atoms with Gasteiger partial charge in [0, 0.05) is 44.3 Å². The second kappa shape index (κ2) is 13.1. The average molecular weight is 700 g/mol. The van der Waals surface area contributed by atoms with Gasteiger partial charge in [0.15, 0.2) is 11.5 Å². The van der Waals surface area contributed by atoms with Crippen LogP contribution in [-0.2, 0) is 0 Å². The van der Waals surface area contributed by atoms with Crippen molar-refractivity contribution in [3.8, 4) is 22.6 Å². The molecule has 4 nitrogen and oxygen atoms in total. The van der Waals surface area contributed by atoms with Gasteiger partial charge in [-0.1, -0.05) is 115 Å². The van der Waals surface area contributed by atoms with Crippen LogP contribution in [-0.4, -0.2) is 0 Å². The molecule has 2 aliphatic rings. The zero-order valence-electron chi connectivity index (χ0n) is 28.7. The molecular formula is C48H33N3OS. The van der Waals surface area contributed by atoms with E-state index in [1.54, 1.807) is 0 Å². The number of ether oxygens (including phenoxy) is 1. The molecule has 5 heteroatoms. The minimum absolute atomic E-state index is 0.799. The summed E-state index contributed by atoms with van der Waals surface area (Å²) in [6.45, 7) is 0. The number of nitrogens with zero attached hydrogens (tertiary/aromatic N) is 3. The lowest BCUT2D eigenvalue weighted by Crippen LogP contribution is -2.17. The van der Waals surface area contributed by atoms with Gasteiger partial charge in [0.05, 0.1) is 22.7 Å². The molecule has 0 bridgehead atoms. The predicted octanol–water partition coefficient (Wildman–Crippen LogP) is 14.3. The smallest absolute Gasteiger partial charge is 0.153 e. The Bertz CT molecular complexity index is 2440. The van der Waals surface area contributed by atoms with Crippen molar-refractivity contribution >= 4 is 62.9 Å². The molecule has 53 heavy (non-hydrogen) atoms. The normalized spacial score (nSPS) is 12.5. The van der Waals surface area contributed by atoms with Crippen molar-refractivity contribution < 1.29 is 4.74 Å². The van der Waals surface area contributed by atoms with Crippen molar-refractivity contribution in [2.45, 2.75) is 9.79 Å². The van der Waals surface area contributed by atoms with Gasteiger partial charge in [-0.15, -0.1) is 0 Å². The molecule has 0 saturated heterocycles. The highest BCUT2D eigenvalue weighted by Crippen LogP contribution is 2.55. The third-order valence-corrected chi connectivity index (χ3v) is 10.9. The molecule has 0 amide bonds. The van der Waals surface area contributed by atoms with E-state index in [1.165, 1.54) is 26.6 Å². The molecule has 0 aliphatic carbocycles. The molecule has 0 N–H and O–H groups in total. The van der Waals surface area contributed by atoms with Crippen LogP contribution in [0.4, 0.5) is 51.2 Å². The fraction of sp³-hybridized carbons (Fsp3) is 0. The third-order valence-electron chi connectivity index (χ3n) is 9.80. The first-order chi connectivity index (χ1) is 26.3. The summed E-state index contributed by atoms with van der Waals surface area (Å²) in [7, 11) is 0. The zero-order valence-corrected chi connectivity index (χ0v) is 29.5. The molecule has 0 fully saturated rings. The van der Waals surface area contributed by atoms with Crippen LogP contribution in [0.25, 0.3) is 11.1 Å². The van der Waals surface area contributed by atoms with E-state index in [1.807, 2.05) is 23.9 Å². The minimum Gasteiger partial charge on any atom is -0.453 e. The fourth-order valence-corrected chi connectivity index (χ4v) is 8.45. The molecular weight excluding hydrogens is 667 g/mol. The second-order valence-electron chi connectivity index (χ2n) is 13.0. The number of para-hydroxylation sites is 5. The molecule has 252 valence electrons. The van der Waals surface area contributed by atoms with Crippen LogP contribution >= 0.6 is 11.8 Å². The number of fused-ring (bicyclic) bond motifs is 4. The van der Waals surface area contributed by atoms with Crippen LogP contribution in [0.2, 0.25) is 0 Å². The maximum absolute atomic E-state index is 6.68. The van der Waals surface area contributed by atoms with Crippen molar-refractivity contribution in [1.29, 1.82) is 0 Å². The summed E-state index contributed by atoms with van der Waals surface area (Å²) in [5.41, 5.74) is 12.1. The standard InChI is InChI=1S/C48H33N3OS/c1-4-14-34(15-5-1)35-24-26-38(27-25-35)49(39-28-30-42-46(32-39)52-45-22-12-10-20-41(45)50(42)36-16-6-2-7-17-36)40-29-31-44-48(33-40)53-47-23-13-11-21-43(47)51(44)37-18-8-3-9-19-37/h1-33H. The summed E-state index contributed by atoms with van der Waals surface area (Å²) >= 11 is 1.82. The maximum atomic E-state index is 6.68. The van der Waals surface area contributed by atoms with Crippen LogP contribution in [0.3, 0.4) is 0 Å². The summed E-state index contributed by atoms with van der Waals surface area (Å²) in [5, 5.41) is 0. The van der Waals surface area contributed by atoms with E-state index in [4.69, 9.17) is 4.74 Å². The largest absolute Gasteiger partial charge is 0.453 e. The van der Waals surface area contributed by atoms with Crippen LogP contribution < -0.4 is 19.4 Å². The highest BCUT2D eigenvalue weighted by molar-refractivity contribution is 7.99. The summed E-state index contributed by atoms with van der Waals surface area (Å²) in [6.07, 6.45) is 0. The van der Waals surface area contributed by atoms with E-state index in [0.717, 1.165) is 57.0 Å². The topological polar surface area (TPSA) is 19.0 Å². The molecule has 0 atom stereocenters. The first-order valence-corrected chi connectivity index (χ1v) is 18.6. The predicted molar refractivity (Wildman–Crippen MR) is 220 cm³/mol. The molecule has 8 aromatic rings. The second-order valence-corrected chi connectivity index (χ2v) is 14.1. The Morgan fingerprint density at radius 2 is 0.849 bits per heavy atom. The van der Waals surface area contributed by atoms with Gasteiger partial charge in [0.1, 0.15) is 0 Å².